The van der Waals surface area contributed by atoms with Crippen LogP contribution in [0.4, 0.5) is 4.39 Å². The van der Waals surface area contributed by atoms with Crippen molar-refractivity contribution >= 4 is 17.5 Å². The predicted molar refractivity (Wildman–Crippen MR) is 81.5 cm³/mol. The van der Waals surface area contributed by atoms with Crippen LogP contribution in [0.2, 0.25) is 5.02 Å². The third kappa shape index (κ3) is 4.15. The first-order valence-electron chi connectivity index (χ1n) is 7.16. The number of piperazine rings is 1. The van der Waals surface area contributed by atoms with Gasteiger partial charge in [0.2, 0.25) is 5.91 Å². The van der Waals surface area contributed by atoms with Gasteiger partial charge in [-0.3, -0.25) is 9.69 Å². The zero-order valence-electron chi connectivity index (χ0n) is 12.2. The Bertz CT molecular complexity index is 504. The van der Waals surface area contributed by atoms with Crippen molar-refractivity contribution in [2.75, 3.05) is 32.7 Å². The van der Waals surface area contributed by atoms with Crippen LogP contribution in [0.5, 0.6) is 0 Å². The number of amides is 1. The van der Waals surface area contributed by atoms with Gasteiger partial charge in [0.15, 0.2) is 0 Å². The molecule has 2 N–H and O–H groups in total. The van der Waals surface area contributed by atoms with Crippen molar-refractivity contribution in [3.05, 3.63) is 34.6 Å². The summed E-state index contributed by atoms with van der Waals surface area (Å²) in [5.41, 5.74) is 6.45. The van der Waals surface area contributed by atoms with Crippen molar-refractivity contribution in [2.24, 2.45) is 11.7 Å². The average Bonchev–Trinajstić information content (AvgIpc) is 2.49. The fourth-order valence-electron chi connectivity index (χ4n) is 2.43. The van der Waals surface area contributed by atoms with E-state index in [0.717, 1.165) is 18.7 Å². The van der Waals surface area contributed by atoms with Crippen LogP contribution in [-0.4, -0.2) is 48.4 Å². The Morgan fingerprint density at radius 1 is 1.38 bits per heavy atom. The second kappa shape index (κ2) is 7.20. The highest BCUT2D eigenvalue weighted by molar-refractivity contribution is 6.31. The van der Waals surface area contributed by atoms with Gasteiger partial charge in [-0.15, -0.1) is 0 Å². The topological polar surface area (TPSA) is 49.6 Å². The lowest BCUT2D eigenvalue weighted by Gasteiger charge is -2.36. The number of rotatable bonds is 4. The van der Waals surface area contributed by atoms with Crippen LogP contribution in [0.15, 0.2) is 18.2 Å². The molecule has 21 heavy (non-hydrogen) atoms. The Morgan fingerprint density at radius 2 is 2.05 bits per heavy atom. The van der Waals surface area contributed by atoms with E-state index in [2.05, 4.69) is 4.90 Å². The average molecular weight is 314 g/mol. The molecule has 0 radical (unpaired) electrons. The van der Waals surface area contributed by atoms with E-state index in [4.69, 9.17) is 17.3 Å². The maximum absolute atomic E-state index is 13.0. The van der Waals surface area contributed by atoms with Gasteiger partial charge in [-0.05, 0) is 17.7 Å². The molecule has 1 unspecified atom stereocenters. The number of halogens is 2. The summed E-state index contributed by atoms with van der Waals surface area (Å²) in [6.07, 6.45) is 0. The molecule has 0 bridgehead atoms. The summed E-state index contributed by atoms with van der Waals surface area (Å²) in [4.78, 5) is 16.1. The van der Waals surface area contributed by atoms with E-state index in [-0.39, 0.29) is 17.6 Å². The fourth-order valence-corrected chi connectivity index (χ4v) is 2.66. The van der Waals surface area contributed by atoms with E-state index in [9.17, 15) is 9.18 Å². The number of carbonyl (C=O) groups excluding carboxylic acids is 1. The van der Waals surface area contributed by atoms with Gasteiger partial charge in [0.1, 0.15) is 5.82 Å². The molecule has 0 aromatic heterocycles. The predicted octanol–water partition coefficient (Wildman–Crippen LogP) is 1.72. The van der Waals surface area contributed by atoms with Crippen LogP contribution in [0.3, 0.4) is 0 Å². The van der Waals surface area contributed by atoms with Crippen molar-refractivity contribution in [3.63, 3.8) is 0 Å². The fraction of sp³-hybridized carbons (Fsp3) is 0.533. The molecular formula is C15H21ClFN3O. The third-order valence-corrected chi connectivity index (χ3v) is 4.22. The molecule has 1 aliphatic rings. The second-order valence-corrected chi connectivity index (χ2v) is 5.88. The zero-order valence-corrected chi connectivity index (χ0v) is 12.9. The largest absolute Gasteiger partial charge is 0.340 e. The molecule has 2 rings (SSSR count). The monoisotopic (exact) mass is 313 g/mol. The molecule has 1 heterocycles. The van der Waals surface area contributed by atoms with E-state index in [1.807, 2.05) is 11.8 Å². The number of nitrogens with zero attached hydrogens (tertiary/aromatic N) is 2. The van der Waals surface area contributed by atoms with Crippen LogP contribution < -0.4 is 5.73 Å². The molecule has 1 aromatic carbocycles. The van der Waals surface area contributed by atoms with Gasteiger partial charge in [-0.1, -0.05) is 24.6 Å². The molecule has 0 aliphatic carbocycles. The molecule has 4 nitrogen and oxygen atoms in total. The highest BCUT2D eigenvalue weighted by atomic mass is 35.5. The maximum atomic E-state index is 13.0. The first-order valence-corrected chi connectivity index (χ1v) is 7.54. The molecular weight excluding hydrogens is 293 g/mol. The summed E-state index contributed by atoms with van der Waals surface area (Å²) in [5, 5.41) is 0.449. The molecule has 1 fully saturated rings. The van der Waals surface area contributed by atoms with Gasteiger partial charge < -0.3 is 10.6 Å². The Morgan fingerprint density at radius 3 is 2.62 bits per heavy atom. The van der Waals surface area contributed by atoms with Gasteiger partial charge in [-0.25, -0.2) is 4.39 Å². The van der Waals surface area contributed by atoms with E-state index < -0.39 is 0 Å². The van der Waals surface area contributed by atoms with E-state index in [0.29, 0.717) is 31.2 Å². The van der Waals surface area contributed by atoms with Crippen molar-refractivity contribution in [3.8, 4) is 0 Å². The number of carbonyl (C=O) groups is 1. The molecule has 0 saturated carbocycles. The van der Waals surface area contributed by atoms with Gasteiger partial charge in [0.25, 0.3) is 0 Å². The molecule has 0 spiro atoms. The summed E-state index contributed by atoms with van der Waals surface area (Å²) < 4.78 is 13.0. The summed E-state index contributed by atoms with van der Waals surface area (Å²) in [6.45, 7) is 5.88. The molecule has 1 saturated heterocycles. The van der Waals surface area contributed by atoms with E-state index >= 15 is 0 Å². The minimum Gasteiger partial charge on any atom is -0.340 e. The third-order valence-electron chi connectivity index (χ3n) is 3.87. The van der Waals surface area contributed by atoms with Crippen LogP contribution in [0.25, 0.3) is 0 Å². The normalized spacial score (nSPS) is 17.8. The number of hydrogen-bond acceptors (Lipinski definition) is 3. The van der Waals surface area contributed by atoms with Crippen LogP contribution in [0, 0.1) is 11.7 Å². The van der Waals surface area contributed by atoms with Crippen LogP contribution in [0.1, 0.15) is 12.5 Å². The minimum absolute atomic E-state index is 0.122. The standard InChI is InChI=1S/C15H21ClFN3O/c1-11(9-18)15(21)20-6-4-19(5-7-20)10-12-2-3-13(17)8-14(12)16/h2-3,8,11H,4-7,9-10,18H2,1H3. The number of hydrogen-bond donors (Lipinski definition) is 1. The smallest absolute Gasteiger partial charge is 0.226 e. The summed E-state index contributed by atoms with van der Waals surface area (Å²) in [7, 11) is 0. The SMILES string of the molecule is CC(CN)C(=O)N1CCN(Cc2ccc(F)cc2Cl)CC1. The van der Waals surface area contributed by atoms with Crippen molar-refractivity contribution in [1.29, 1.82) is 0 Å². The van der Waals surface area contributed by atoms with E-state index in [1.54, 1.807) is 6.07 Å². The molecule has 1 amide bonds. The van der Waals surface area contributed by atoms with Gasteiger partial charge >= 0.3 is 0 Å². The molecule has 6 heteroatoms. The lowest BCUT2D eigenvalue weighted by Crippen LogP contribution is -2.50. The Labute approximate surface area is 129 Å². The quantitative estimate of drug-likeness (QED) is 0.921. The van der Waals surface area contributed by atoms with Gasteiger partial charge in [0, 0.05) is 50.2 Å². The lowest BCUT2D eigenvalue weighted by atomic mass is 10.1. The lowest BCUT2D eigenvalue weighted by molar-refractivity contribution is -0.136. The zero-order chi connectivity index (χ0) is 15.4. The first-order chi connectivity index (χ1) is 10.0. The van der Waals surface area contributed by atoms with Crippen molar-refractivity contribution in [1.82, 2.24) is 9.80 Å². The Kier molecular flexibility index (Phi) is 5.56. The van der Waals surface area contributed by atoms with Gasteiger partial charge in [0.05, 0.1) is 0 Å². The molecule has 116 valence electrons. The molecule has 1 aromatic rings. The summed E-state index contributed by atoms with van der Waals surface area (Å²) in [5.74, 6) is -0.324. The van der Waals surface area contributed by atoms with E-state index in [1.165, 1.54) is 12.1 Å². The highest BCUT2D eigenvalue weighted by Gasteiger charge is 2.24. The van der Waals surface area contributed by atoms with Crippen LogP contribution in [-0.2, 0) is 11.3 Å². The Balaban J connectivity index is 1.88. The van der Waals surface area contributed by atoms with Crippen LogP contribution >= 0.6 is 11.6 Å². The first kappa shape index (κ1) is 16.2. The highest BCUT2D eigenvalue weighted by Crippen LogP contribution is 2.20. The van der Waals surface area contributed by atoms with Crippen molar-refractivity contribution in [2.45, 2.75) is 13.5 Å². The number of benzene rings is 1. The maximum Gasteiger partial charge on any atom is 0.226 e. The van der Waals surface area contributed by atoms with Crippen molar-refractivity contribution < 1.29 is 9.18 Å². The molecule has 1 aliphatic heterocycles. The summed E-state index contributed by atoms with van der Waals surface area (Å²) >= 11 is 6.04. The Hall–Kier alpha value is -1.17. The summed E-state index contributed by atoms with van der Waals surface area (Å²) in [6, 6.07) is 4.47. The van der Waals surface area contributed by atoms with Gasteiger partial charge in [-0.2, -0.15) is 0 Å². The minimum atomic E-state index is -0.324. The second-order valence-electron chi connectivity index (χ2n) is 5.47. The molecule has 1 atom stereocenters. The number of nitrogens with two attached hydrogens (primary N) is 1.